The highest BCUT2D eigenvalue weighted by Crippen LogP contribution is 2.22. The van der Waals surface area contributed by atoms with Crippen LogP contribution in [0.4, 0.5) is 0 Å². The molecule has 1 aromatic carbocycles. The molecule has 1 fully saturated rings. The Balaban J connectivity index is 1.65. The summed E-state index contributed by atoms with van der Waals surface area (Å²) in [6.07, 6.45) is 5.93. The molecule has 1 atom stereocenters. The molecule has 1 N–H and O–H groups in total. The van der Waals surface area contributed by atoms with Gasteiger partial charge in [-0.2, -0.15) is 5.26 Å². The summed E-state index contributed by atoms with van der Waals surface area (Å²) in [4.78, 5) is 14.9. The molecule has 0 aliphatic carbocycles. The number of nitriles is 1. The lowest BCUT2D eigenvalue weighted by Crippen LogP contribution is -2.51. The quantitative estimate of drug-likeness (QED) is 0.699. The third-order valence-electron chi connectivity index (χ3n) is 5.47. The zero-order valence-corrected chi connectivity index (χ0v) is 17.3. The molecule has 0 spiro atoms. The topological polar surface area (TPSA) is 70.3 Å². The number of nitrogens with one attached hydrogen (secondary N) is 1. The average molecular weight is 395 g/mol. The number of nitrogens with zero attached hydrogens (tertiary/aromatic N) is 3. The molecule has 3 rings (SSSR count). The van der Waals surface area contributed by atoms with E-state index < -0.39 is 0 Å². The van der Waals surface area contributed by atoms with Crippen LogP contribution in [0.5, 0.6) is 0 Å². The Morgan fingerprint density at radius 2 is 2.07 bits per heavy atom. The Kier molecular flexibility index (Phi) is 7.45. The molecule has 6 nitrogen and oxygen atoms in total. The van der Waals surface area contributed by atoms with Gasteiger partial charge in [-0.3, -0.25) is 9.69 Å². The maximum Gasteiger partial charge on any atom is 0.244 e. The number of carbonyl (C=O) groups is 1. The number of aromatic nitrogens is 1. The van der Waals surface area contributed by atoms with Gasteiger partial charge >= 0.3 is 0 Å². The van der Waals surface area contributed by atoms with Crippen molar-refractivity contribution >= 4 is 22.9 Å². The van der Waals surface area contributed by atoms with Gasteiger partial charge in [-0.05, 0) is 18.1 Å². The van der Waals surface area contributed by atoms with Crippen molar-refractivity contribution in [3.05, 3.63) is 42.1 Å². The summed E-state index contributed by atoms with van der Waals surface area (Å²) in [7, 11) is 0. The zero-order chi connectivity index (χ0) is 20.6. The van der Waals surface area contributed by atoms with Crippen molar-refractivity contribution in [2.75, 3.05) is 32.8 Å². The maximum absolute atomic E-state index is 12.5. The highest BCUT2D eigenvalue weighted by atomic mass is 16.5. The molecule has 0 bridgehead atoms. The van der Waals surface area contributed by atoms with Gasteiger partial charge in [0.1, 0.15) is 0 Å². The van der Waals surface area contributed by atoms with Crippen LogP contribution in [-0.2, 0) is 16.1 Å². The smallest absolute Gasteiger partial charge is 0.244 e. The number of ether oxygens (including phenoxy) is 1. The first-order valence-corrected chi connectivity index (χ1v) is 10.3. The van der Waals surface area contributed by atoms with E-state index in [1.807, 2.05) is 36.5 Å². The number of amides is 1. The highest BCUT2D eigenvalue weighted by molar-refractivity contribution is 5.96. The van der Waals surface area contributed by atoms with E-state index in [1.54, 1.807) is 6.08 Å². The minimum Gasteiger partial charge on any atom is -0.379 e. The van der Waals surface area contributed by atoms with Gasteiger partial charge in [-0.25, -0.2) is 0 Å². The van der Waals surface area contributed by atoms with Crippen molar-refractivity contribution in [1.29, 1.82) is 5.26 Å². The summed E-state index contributed by atoms with van der Waals surface area (Å²) < 4.78 is 7.52. The average Bonchev–Trinajstić information content (AvgIpc) is 3.09. The standard InChI is InChI=1S/C23H30N4O2/c1-18(2)22(26-12-14-29-15-13-26)16-25-23(28)9-8-19-17-27(11-5-10-24)21-7-4-3-6-20(19)21/h3-4,6-9,17-18,22H,5,11-16H2,1-2H3,(H,25,28)/b9-8+. The van der Waals surface area contributed by atoms with Gasteiger partial charge in [0.05, 0.1) is 25.7 Å². The zero-order valence-electron chi connectivity index (χ0n) is 17.3. The minimum atomic E-state index is -0.0854. The molecule has 2 heterocycles. The largest absolute Gasteiger partial charge is 0.379 e. The molecular formula is C23H30N4O2. The highest BCUT2D eigenvalue weighted by Gasteiger charge is 2.23. The van der Waals surface area contributed by atoms with Crippen LogP contribution in [-0.4, -0.2) is 54.3 Å². The molecule has 6 heteroatoms. The molecule has 0 saturated carbocycles. The molecule has 1 unspecified atom stereocenters. The van der Waals surface area contributed by atoms with Crippen LogP contribution < -0.4 is 5.32 Å². The summed E-state index contributed by atoms with van der Waals surface area (Å²) in [6, 6.07) is 10.6. The van der Waals surface area contributed by atoms with Crippen LogP contribution in [0.15, 0.2) is 36.5 Å². The van der Waals surface area contributed by atoms with Gasteiger partial charge < -0.3 is 14.6 Å². The monoisotopic (exact) mass is 394 g/mol. The second-order valence-corrected chi connectivity index (χ2v) is 7.74. The van der Waals surface area contributed by atoms with E-state index in [0.29, 0.717) is 31.5 Å². The van der Waals surface area contributed by atoms with E-state index >= 15 is 0 Å². The molecule has 0 radical (unpaired) electrons. The fourth-order valence-corrected chi connectivity index (χ4v) is 3.89. The second kappa shape index (κ2) is 10.2. The van der Waals surface area contributed by atoms with Crippen molar-refractivity contribution < 1.29 is 9.53 Å². The van der Waals surface area contributed by atoms with E-state index in [1.165, 1.54) is 0 Å². The van der Waals surface area contributed by atoms with Gasteiger partial charge in [0.25, 0.3) is 0 Å². The lowest BCUT2D eigenvalue weighted by Gasteiger charge is -2.36. The Hall–Kier alpha value is -2.62. The molecular weight excluding hydrogens is 364 g/mol. The summed E-state index contributed by atoms with van der Waals surface area (Å²) in [5, 5.41) is 13.0. The van der Waals surface area contributed by atoms with Crippen LogP contribution >= 0.6 is 0 Å². The normalized spacial score (nSPS) is 16.3. The summed E-state index contributed by atoms with van der Waals surface area (Å²) in [5.74, 6) is 0.369. The first-order chi connectivity index (χ1) is 14.1. The van der Waals surface area contributed by atoms with Gasteiger partial charge in [0.2, 0.25) is 5.91 Å². The number of hydrogen-bond acceptors (Lipinski definition) is 4. The van der Waals surface area contributed by atoms with Gasteiger partial charge in [0.15, 0.2) is 0 Å². The Labute approximate surface area is 172 Å². The van der Waals surface area contributed by atoms with Crippen molar-refractivity contribution in [1.82, 2.24) is 14.8 Å². The van der Waals surface area contributed by atoms with E-state index in [2.05, 4.69) is 34.7 Å². The van der Waals surface area contributed by atoms with Gasteiger partial charge in [0, 0.05) is 61.0 Å². The second-order valence-electron chi connectivity index (χ2n) is 7.74. The molecule has 2 aromatic rings. The molecule has 154 valence electrons. The lowest BCUT2D eigenvalue weighted by molar-refractivity contribution is -0.116. The summed E-state index contributed by atoms with van der Waals surface area (Å²) in [5.41, 5.74) is 2.07. The van der Waals surface area contributed by atoms with Crippen molar-refractivity contribution in [2.24, 2.45) is 5.92 Å². The Bertz CT molecular complexity index is 888. The summed E-state index contributed by atoms with van der Waals surface area (Å²) in [6.45, 7) is 9.00. The third-order valence-corrected chi connectivity index (χ3v) is 5.47. The lowest BCUT2D eigenvalue weighted by atomic mass is 10.0. The number of fused-ring (bicyclic) bond motifs is 1. The summed E-state index contributed by atoms with van der Waals surface area (Å²) >= 11 is 0. The maximum atomic E-state index is 12.5. The molecule has 1 aromatic heterocycles. The minimum absolute atomic E-state index is 0.0854. The molecule has 1 amide bonds. The van der Waals surface area contributed by atoms with Crippen LogP contribution in [0.3, 0.4) is 0 Å². The van der Waals surface area contributed by atoms with Gasteiger partial charge in [-0.15, -0.1) is 0 Å². The van der Waals surface area contributed by atoms with Crippen LogP contribution in [0.25, 0.3) is 17.0 Å². The van der Waals surface area contributed by atoms with Crippen molar-refractivity contribution in [3.8, 4) is 6.07 Å². The van der Waals surface area contributed by atoms with E-state index in [4.69, 9.17) is 10.00 Å². The predicted octanol–water partition coefficient (Wildman–Crippen LogP) is 3.04. The number of aryl methyl sites for hydroxylation is 1. The van der Waals surface area contributed by atoms with E-state index in [9.17, 15) is 4.79 Å². The molecule has 1 saturated heterocycles. The number of hydrogen-bond donors (Lipinski definition) is 1. The predicted molar refractivity (Wildman–Crippen MR) is 115 cm³/mol. The fourth-order valence-electron chi connectivity index (χ4n) is 3.89. The SMILES string of the molecule is CC(C)C(CNC(=O)/C=C/c1cn(CCC#N)c2ccccc12)N1CCOCC1. The van der Waals surface area contributed by atoms with Crippen LogP contribution in [0.2, 0.25) is 0 Å². The van der Waals surface area contributed by atoms with Gasteiger partial charge in [-0.1, -0.05) is 32.0 Å². The number of rotatable bonds is 8. The van der Waals surface area contributed by atoms with E-state index in [0.717, 1.165) is 42.8 Å². The fraction of sp³-hybridized carbons (Fsp3) is 0.478. The number of para-hydroxylation sites is 1. The third kappa shape index (κ3) is 5.47. The number of morpholine rings is 1. The number of benzene rings is 1. The Morgan fingerprint density at radius 3 is 2.79 bits per heavy atom. The van der Waals surface area contributed by atoms with E-state index in [-0.39, 0.29) is 5.91 Å². The first-order valence-electron chi connectivity index (χ1n) is 10.3. The Morgan fingerprint density at radius 1 is 1.31 bits per heavy atom. The van der Waals surface area contributed by atoms with Crippen molar-refractivity contribution in [2.45, 2.75) is 32.9 Å². The van der Waals surface area contributed by atoms with Crippen LogP contribution in [0.1, 0.15) is 25.8 Å². The van der Waals surface area contributed by atoms with Crippen molar-refractivity contribution in [3.63, 3.8) is 0 Å². The molecule has 1 aliphatic rings. The molecule has 29 heavy (non-hydrogen) atoms. The first kappa shape index (κ1) is 21.1. The molecule has 1 aliphatic heterocycles. The number of carbonyl (C=O) groups excluding carboxylic acids is 1. The van der Waals surface area contributed by atoms with Crippen LogP contribution in [0, 0.1) is 17.2 Å².